The summed E-state index contributed by atoms with van der Waals surface area (Å²) in [7, 11) is 0. The zero-order valence-corrected chi connectivity index (χ0v) is 18.4. The van der Waals surface area contributed by atoms with Crippen molar-refractivity contribution < 1.29 is 19.2 Å². The molecule has 2 fully saturated rings. The van der Waals surface area contributed by atoms with Crippen LogP contribution in [0.2, 0.25) is 0 Å². The van der Waals surface area contributed by atoms with Gasteiger partial charge >= 0.3 is 0 Å². The molecule has 4 amide bonds. The number of amides is 4. The van der Waals surface area contributed by atoms with Gasteiger partial charge in [-0.2, -0.15) is 0 Å². The van der Waals surface area contributed by atoms with Gasteiger partial charge < -0.3 is 11.1 Å². The third-order valence-corrected chi connectivity index (χ3v) is 7.09. The Morgan fingerprint density at radius 1 is 0.938 bits per heavy atom. The lowest BCUT2D eigenvalue weighted by Crippen LogP contribution is -2.31. The number of thioether (sulfide) groups is 1. The van der Waals surface area contributed by atoms with Crippen LogP contribution < -0.4 is 16.0 Å². The lowest BCUT2D eigenvalue weighted by Gasteiger charge is -2.20. The zero-order chi connectivity index (χ0) is 22.7. The Labute approximate surface area is 190 Å². The number of benzene rings is 2. The average molecular weight is 452 g/mol. The van der Waals surface area contributed by atoms with Crippen LogP contribution in [0.1, 0.15) is 48.9 Å². The molecule has 1 saturated carbocycles. The molecule has 0 bridgehead atoms. The van der Waals surface area contributed by atoms with Gasteiger partial charge in [-0.25, -0.2) is 4.90 Å². The summed E-state index contributed by atoms with van der Waals surface area (Å²) in [6.07, 6.45) is 5.40. The van der Waals surface area contributed by atoms with Gasteiger partial charge in [-0.15, -0.1) is 11.8 Å². The summed E-state index contributed by atoms with van der Waals surface area (Å²) in [5.74, 6) is -0.984. The second kappa shape index (κ2) is 9.56. The molecule has 1 saturated heterocycles. The highest BCUT2D eigenvalue weighted by atomic mass is 32.2. The maximum atomic E-state index is 12.9. The molecule has 4 rings (SSSR count). The zero-order valence-electron chi connectivity index (χ0n) is 17.6. The molecule has 1 heterocycles. The first-order valence-electron chi connectivity index (χ1n) is 10.8. The number of hydrogen-bond donors (Lipinski definition) is 2. The van der Waals surface area contributed by atoms with Gasteiger partial charge in [0.15, 0.2) is 0 Å². The third-order valence-electron chi connectivity index (χ3n) is 5.89. The molecule has 1 aliphatic carbocycles. The minimum absolute atomic E-state index is 0.0691. The largest absolute Gasteiger partial charge is 0.366 e. The van der Waals surface area contributed by atoms with Crippen LogP contribution in [0, 0.1) is 5.92 Å². The van der Waals surface area contributed by atoms with E-state index in [0.29, 0.717) is 11.3 Å². The SMILES string of the molecule is NC(=O)c1ccc(N2C(=O)CC(Sc3ccc(NC(=O)C4CCCCC4)cc3)C2=O)cc1. The Morgan fingerprint density at radius 3 is 2.22 bits per heavy atom. The molecule has 2 aliphatic rings. The summed E-state index contributed by atoms with van der Waals surface area (Å²) in [5.41, 5.74) is 6.71. The number of carbonyl (C=O) groups is 4. The highest BCUT2D eigenvalue weighted by Gasteiger charge is 2.40. The molecule has 1 atom stereocenters. The Bertz CT molecular complexity index is 1030. The van der Waals surface area contributed by atoms with Crippen molar-refractivity contribution in [3.05, 3.63) is 54.1 Å². The van der Waals surface area contributed by atoms with Gasteiger partial charge in [0.1, 0.15) is 0 Å². The minimum Gasteiger partial charge on any atom is -0.366 e. The van der Waals surface area contributed by atoms with E-state index in [-0.39, 0.29) is 30.1 Å². The van der Waals surface area contributed by atoms with E-state index in [0.717, 1.165) is 41.2 Å². The maximum Gasteiger partial charge on any atom is 0.248 e. The van der Waals surface area contributed by atoms with E-state index >= 15 is 0 Å². The quantitative estimate of drug-likeness (QED) is 0.651. The maximum absolute atomic E-state index is 12.9. The minimum atomic E-state index is -0.567. The summed E-state index contributed by atoms with van der Waals surface area (Å²) in [4.78, 5) is 51.0. The first kappa shape index (κ1) is 22.1. The van der Waals surface area contributed by atoms with Crippen LogP contribution in [0.25, 0.3) is 0 Å². The highest BCUT2D eigenvalue weighted by Crippen LogP contribution is 2.34. The number of imide groups is 1. The molecule has 2 aromatic rings. The topological polar surface area (TPSA) is 110 Å². The first-order valence-corrected chi connectivity index (χ1v) is 11.6. The fourth-order valence-electron chi connectivity index (χ4n) is 4.13. The van der Waals surface area contributed by atoms with Crippen molar-refractivity contribution in [2.75, 3.05) is 10.2 Å². The average Bonchev–Trinajstić information content (AvgIpc) is 3.08. The summed E-state index contributed by atoms with van der Waals surface area (Å²) < 4.78 is 0. The Kier molecular flexibility index (Phi) is 6.60. The number of hydrogen-bond acceptors (Lipinski definition) is 5. The molecule has 1 aliphatic heterocycles. The number of nitrogens with zero attached hydrogens (tertiary/aromatic N) is 1. The Morgan fingerprint density at radius 2 is 1.59 bits per heavy atom. The summed E-state index contributed by atoms with van der Waals surface area (Å²) in [6, 6.07) is 13.4. The number of nitrogens with one attached hydrogen (secondary N) is 1. The van der Waals surface area contributed by atoms with Crippen molar-refractivity contribution >= 4 is 46.8 Å². The molecule has 0 radical (unpaired) electrons. The standard InChI is InChI=1S/C24H25N3O4S/c25-22(29)15-6-10-18(11-7-15)27-21(28)14-20(24(27)31)32-19-12-8-17(9-13-19)26-23(30)16-4-2-1-3-5-16/h6-13,16,20H,1-5,14H2,(H2,25,29)(H,26,30). The summed E-state index contributed by atoms with van der Waals surface area (Å²) in [5, 5.41) is 2.45. The predicted molar refractivity (Wildman–Crippen MR) is 123 cm³/mol. The number of rotatable bonds is 6. The molecule has 166 valence electrons. The van der Waals surface area contributed by atoms with Crippen LogP contribution in [-0.4, -0.2) is 28.9 Å². The molecule has 8 heteroatoms. The van der Waals surface area contributed by atoms with Gasteiger partial charge in [-0.05, 0) is 61.4 Å². The second-order valence-electron chi connectivity index (χ2n) is 8.14. The second-order valence-corrected chi connectivity index (χ2v) is 9.41. The van der Waals surface area contributed by atoms with Gasteiger partial charge in [0.2, 0.25) is 23.6 Å². The molecule has 0 spiro atoms. The molecular formula is C24H25N3O4S. The van der Waals surface area contributed by atoms with Crippen molar-refractivity contribution in [1.29, 1.82) is 0 Å². The van der Waals surface area contributed by atoms with E-state index in [2.05, 4.69) is 5.32 Å². The fraction of sp³-hybridized carbons (Fsp3) is 0.333. The Balaban J connectivity index is 1.37. The van der Waals surface area contributed by atoms with Crippen LogP contribution in [0.5, 0.6) is 0 Å². The smallest absolute Gasteiger partial charge is 0.248 e. The van der Waals surface area contributed by atoms with E-state index < -0.39 is 11.2 Å². The predicted octanol–water partition coefficient (Wildman–Crippen LogP) is 3.73. The highest BCUT2D eigenvalue weighted by molar-refractivity contribution is 8.00. The van der Waals surface area contributed by atoms with Crippen molar-refractivity contribution in [2.24, 2.45) is 11.7 Å². The molecule has 2 aromatic carbocycles. The van der Waals surface area contributed by atoms with Crippen LogP contribution >= 0.6 is 11.8 Å². The van der Waals surface area contributed by atoms with Crippen molar-refractivity contribution in [2.45, 2.75) is 48.7 Å². The number of nitrogens with two attached hydrogens (primary N) is 1. The van der Waals surface area contributed by atoms with E-state index in [1.54, 1.807) is 12.1 Å². The van der Waals surface area contributed by atoms with Gasteiger partial charge in [0.25, 0.3) is 0 Å². The normalized spacial score (nSPS) is 19.2. The third kappa shape index (κ3) is 4.85. The van der Waals surface area contributed by atoms with E-state index in [4.69, 9.17) is 5.73 Å². The van der Waals surface area contributed by atoms with Gasteiger partial charge in [-0.3, -0.25) is 19.2 Å². The van der Waals surface area contributed by atoms with Crippen molar-refractivity contribution in [3.8, 4) is 0 Å². The van der Waals surface area contributed by atoms with Crippen LogP contribution in [0.15, 0.2) is 53.4 Å². The molecule has 1 unspecified atom stereocenters. The first-order chi connectivity index (χ1) is 15.4. The molecule has 3 N–H and O–H groups in total. The monoisotopic (exact) mass is 451 g/mol. The molecule has 7 nitrogen and oxygen atoms in total. The van der Waals surface area contributed by atoms with E-state index in [1.165, 1.54) is 30.3 Å². The van der Waals surface area contributed by atoms with Crippen LogP contribution in [-0.2, 0) is 14.4 Å². The molecule has 32 heavy (non-hydrogen) atoms. The van der Waals surface area contributed by atoms with Crippen LogP contribution in [0.4, 0.5) is 11.4 Å². The number of primary amides is 1. The Hall–Kier alpha value is -3.13. The lowest BCUT2D eigenvalue weighted by molar-refractivity contribution is -0.122. The van der Waals surface area contributed by atoms with Crippen LogP contribution in [0.3, 0.4) is 0 Å². The number of anilines is 2. The lowest BCUT2D eigenvalue weighted by atomic mass is 9.88. The number of carbonyl (C=O) groups excluding carboxylic acids is 4. The van der Waals surface area contributed by atoms with E-state index in [1.807, 2.05) is 24.3 Å². The molecule has 0 aromatic heterocycles. The summed E-state index contributed by atoms with van der Waals surface area (Å²) >= 11 is 1.33. The fourth-order valence-corrected chi connectivity index (χ4v) is 5.19. The van der Waals surface area contributed by atoms with Gasteiger partial charge in [0, 0.05) is 28.5 Å². The van der Waals surface area contributed by atoms with E-state index in [9.17, 15) is 19.2 Å². The van der Waals surface area contributed by atoms with Gasteiger partial charge in [0.05, 0.1) is 10.9 Å². The van der Waals surface area contributed by atoms with Crippen molar-refractivity contribution in [1.82, 2.24) is 0 Å². The summed E-state index contributed by atoms with van der Waals surface area (Å²) in [6.45, 7) is 0. The van der Waals surface area contributed by atoms with Crippen molar-refractivity contribution in [3.63, 3.8) is 0 Å². The van der Waals surface area contributed by atoms with Gasteiger partial charge in [-0.1, -0.05) is 19.3 Å². The molecular weight excluding hydrogens is 426 g/mol.